The zero-order valence-electron chi connectivity index (χ0n) is 17.8. The molecule has 0 aromatic heterocycles. The maximum absolute atomic E-state index is 6.11. The maximum atomic E-state index is 6.11. The van der Waals surface area contributed by atoms with Gasteiger partial charge in [-0.25, -0.2) is 0 Å². The molecule has 0 aromatic carbocycles. The van der Waals surface area contributed by atoms with Crippen LogP contribution in [-0.2, 0) is 4.74 Å². The first kappa shape index (κ1) is 21.5. The van der Waals surface area contributed by atoms with Gasteiger partial charge in [-0.2, -0.15) is 0 Å². The highest BCUT2D eigenvalue weighted by Crippen LogP contribution is 2.34. The number of piperazine rings is 1. The molecule has 2 saturated heterocycles. The van der Waals surface area contributed by atoms with Crippen molar-refractivity contribution in [3.63, 3.8) is 0 Å². The van der Waals surface area contributed by atoms with Gasteiger partial charge in [0.1, 0.15) is 0 Å². The summed E-state index contributed by atoms with van der Waals surface area (Å²) < 4.78 is 6.11. The van der Waals surface area contributed by atoms with E-state index in [1.807, 2.05) is 0 Å². The van der Waals surface area contributed by atoms with Crippen LogP contribution in [0, 0.1) is 11.3 Å². The predicted octanol–water partition coefficient (Wildman–Crippen LogP) is 1.63. The first-order valence-corrected chi connectivity index (χ1v) is 10.3. The molecule has 2 aliphatic rings. The lowest BCUT2D eigenvalue weighted by atomic mass is 9.78. The van der Waals surface area contributed by atoms with E-state index in [4.69, 9.17) is 9.73 Å². The van der Waals surface area contributed by atoms with Crippen LogP contribution >= 0.6 is 0 Å². The van der Waals surface area contributed by atoms with Gasteiger partial charge in [-0.3, -0.25) is 9.89 Å². The molecular weight excluding hydrogens is 326 g/mol. The van der Waals surface area contributed by atoms with Crippen LogP contribution in [0.4, 0.5) is 0 Å². The lowest BCUT2D eigenvalue weighted by molar-refractivity contribution is -0.0823. The normalized spacial score (nSPS) is 29.6. The minimum absolute atomic E-state index is 0.168. The number of hydrogen-bond donors (Lipinski definition) is 2. The fraction of sp³-hybridized carbons (Fsp3) is 0.950. The molecular formula is C20H41N5O. The van der Waals surface area contributed by atoms with Crippen LogP contribution in [0.15, 0.2) is 4.99 Å². The third-order valence-corrected chi connectivity index (χ3v) is 5.61. The molecule has 3 atom stereocenters. The summed E-state index contributed by atoms with van der Waals surface area (Å²) in [7, 11) is 4.42. The third kappa shape index (κ3) is 6.39. The Morgan fingerprint density at radius 1 is 1.19 bits per heavy atom. The molecule has 6 nitrogen and oxygen atoms in total. The Hall–Kier alpha value is -0.850. The van der Waals surface area contributed by atoms with E-state index in [9.17, 15) is 0 Å². The van der Waals surface area contributed by atoms with Crippen LogP contribution in [-0.4, -0.2) is 87.9 Å². The molecule has 0 amide bonds. The fourth-order valence-electron chi connectivity index (χ4n) is 4.07. The Morgan fingerprint density at radius 2 is 1.96 bits per heavy atom. The molecule has 26 heavy (non-hydrogen) atoms. The van der Waals surface area contributed by atoms with Crippen LogP contribution in [0.2, 0.25) is 0 Å². The molecule has 0 bridgehead atoms. The molecule has 0 aliphatic carbocycles. The molecule has 2 aliphatic heterocycles. The van der Waals surface area contributed by atoms with E-state index in [1.54, 1.807) is 0 Å². The summed E-state index contributed by atoms with van der Waals surface area (Å²) in [4.78, 5) is 9.76. The number of rotatable bonds is 5. The third-order valence-electron chi connectivity index (χ3n) is 5.61. The van der Waals surface area contributed by atoms with Gasteiger partial charge >= 0.3 is 0 Å². The summed E-state index contributed by atoms with van der Waals surface area (Å²) in [5.74, 6) is 1.44. The van der Waals surface area contributed by atoms with Crippen molar-refractivity contribution in [1.29, 1.82) is 0 Å². The van der Waals surface area contributed by atoms with Crippen molar-refractivity contribution < 1.29 is 4.74 Å². The predicted molar refractivity (Wildman–Crippen MR) is 110 cm³/mol. The lowest BCUT2D eigenvalue weighted by Gasteiger charge is -2.39. The number of nitrogens with one attached hydrogen (secondary N) is 2. The zero-order valence-corrected chi connectivity index (χ0v) is 17.8. The molecule has 2 N–H and O–H groups in total. The van der Waals surface area contributed by atoms with Gasteiger partial charge in [0.25, 0.3) is 0 Å². The molecule has 3 unspecified atom stereocenters. The fourth-order valence-corrected chi connectivity index (χ4v) is 4.07. The molecule has 6 heteroatoms. The van der Waals surface area contributed by atoms with E-state index in [2.05, 4.69) is 62.2 Å². The Bertz CT molecular complexity index is 448. The number of ether oxygens (including phenoxy) is 1. The van der Waals surface area contributed by atoms with Gasteiger partial charge < -0.3 is 20.3 Å². The highest BCUT2D eigenvalue weighted by atomic mass is 16.5. The average Bonchev–Trinajstić information content (AvgIpc) is 2.59. The minimum Gasteiger partial charge on any atom is -0.377 e. The number of nitrogens with zero attached hydrogens (tertiary/aromatic N) is 3. The SMILES string of the molecule is CCNC(=NCC1CCCOC1C(C)(C)C)NCC1CN(C)CCN1C. The molecule has 0 saturated carbocycles. The van der Waals surface area contributed by atoms with E-state index in [1.165, 1.54) is 6.42 Å². The van der Waals surface area contributed by atoms with Crippen LogP contribution in [0.3, 0.4) is 0 Å². The van der Waals surface area contributed by atoms with Gasteiger partial charge in [-0.1, -0.05) is 20.8 Å². The second-order valence-corrected chi connectivity index (χ2v) is 9.06. The quantitative estimate of drug-likeness (QED) is 0.571. The highest BCUT2D eigenvalue weighted by Gasteiger charge is 2.35. The van der Waals surface area contributed by atoms with Gasteiger partial charge in [0, 0.05) is 57.8 Å². The van der Waals surface area contributed by atoms with Gasteiger partial charge in [-0.05, 0) is 39.3 Å². The van der Waals surface area contributed by atoms with Crippen molar-refractivity contribution >= 4 is 5.96 Å². The van der Waals surface area contributed by atoms with Gasteiger partial charge in [0.2, 0.25) is 0 Å². The lowest BCUT2D eigenvalue weighted by Crippen LogP contribution is -2.55. The maximum Gasteiger partial charge on any atom is 0.191 e. The number of likely N-dealkylation sites (N-methyl/N-ethyl adjacent to an activating group) is 2. The Balaban J connectivity index is 1.92. The largest absolute Gasteiger partial charge is 0.377 e. The summed E-state index contributed by atoms with van der Waals surface area (Å²) in [6.45, 7) is 15.9. The van der Waals surface area contributed by atoms with Gasteiger partial charge in [-0.15, -0.1) is 0 Å². The molecule has 0 aromatic rings. The van der Waals surface area contributed by atoms with E-state index < -0.39 is 0 Å². The summed E-state index contributed by atoms with van der Waals surface area (Å²) in [6, 6.07) is 0.526. The molecule has 2 heterocycles. The number of aliphatic imine (C=N–C) groups is 1. The monoisotopic (exact) mass is 367 g/mol. The Kier molecular flexibility index (Phi) is 8.17. The van der Waals surface area contributed by atoms with Crippen molar-refractivity contribution in [3.8, 4) is 0 Å². The standard InChI is InChI=1S/C20H41N5O/c1-7-21-19(23-14-17-15-24(5)10-11-25(17)6)22-13-16-9-8-12-26-18(16)20(2,3)4/h16-18H,7-15H2,1-6H3,(H2,21,22,23). The Morgan fingerprint density at radius 3 is 2.65 bits per heavy atom. The van der Waals surface area contributed by atoms with E-state index >= 15 is 0 Å². The minimum atomic E-state index is 0.168. The second kappa shape index (κ2) is 9.90. The van der Waals surface area contributed by atoms with E-state index in [0.29, 0.717) is 18.1 Å². The first-order valence-electron chi connectivity index (χ1n) is 10.3. The Labute approximate surface area is 160 Å². The highest BCUT2D eigenvalue weighted by molar-refractivity contribution is 5.79. The van der Waals surface area contributed by atoms with Crippen molar-refractivity contribution in [2.75, 3.05) is 60.0 Å². The first-order chi connectivity index (χ1) is 12.3. The number of hydrogen-bond acceptors (Lipinski definition) is 4. The van der Waals surface area contributed by atoms with Gasteiger partial charge in [0.15, 0.2) is 5.96 Å². The van der Waals surface area contributed by atoms with Crippen molar-refractivity contribution in [1.82, 2.24) is 20.4 Å². The topological polar surface area (TPSA) is 52.1 Å². The van der Waals surface area contributed by atoms with E-state index in [0.717, 1.165) is 58.3 Å². The summed E-state index contributed by atoms with van der Waals surface area (Å²) in [6.07, 6.45) is 2.65. The molecule has 2 rings (SSSR count). The zero-order chi connectivity index (χ0) is 19.2. The summed E-state index contributed by atoms with van der Waals surface area (Å²) >= 11 is 0. The second-order valence-electron chi connectivity index (χ2n) is 9.06. The van der Waals surface area contributed by atoms with Crippen LogP contribution in [0.1, 0.15) is 40.5 Å². The van der Waals surface area contributed by atoms with Crippen LogP contribution in [0.5, 0.6) is 0 Å². The van der Waals surface area contributed by atoms with Crippen LogP contribution < -0.4 is 10.6 Å². The summed E-state index contributed by atoms with van der Waals surface area (Å²) in [5, 5.41) is 6.97. The summed E-state index contributed by atoms with van der Waals surface area (Å²) in [5.41, 5.74) is 0.168. The van der Waals surface area contributed by atoms with E-state index in [-0.39, 0.29) is 5.41 Å². The van der Waals surface area contributed by atoms with Crippen molar-refractivity contribution in [2.24, 2.45) is 16.3 Å². The molecule has 152 valence electrons. The smallest absolute Gasteiger partial charge is 0.191 e. The molecule has 2 fully saturated rings. The van der Waals surface area contributed by atoms with Crippen molar-refractivity contribution in [2.45, 2.75) is 52.7 Å². The van der Waals surface area contributed by atoms with Crippen LogP contribution in [0.25, 0.3) is 0 Å². The molecule has 0 radical (unpaired) electrons. The average molecular weight is 368 g/mol. The van der Waals surface area contributed by atoms with Crippen molar-refractivity contribution in [3.05, 3.63) is 0 Å². The van der Waals surface area contributed by atoms with Gasteiger partial charge in [0.05, 0.1) is 6.10 Å². The number of guanidine groups is 1. The molecule has 0 spiro atoms.